The van der Waals surface area contributed by atoms with Crippen molar-refractivity contribution >= 4 is 0 Å². The quantitative estimate of drug-likeness (QED) is 0.783. The molecule has 114 valence electrons. The Kier molecular flexibility index (Phi) is 5.51. The third kappa shape index (κ3) is 3.70. The molecule has 0 spiro atoms. The molecule has 2 rings (SSSR count). The Morgan fingerprint density at radius 1 is 1.19 bits per heavy atom. The van der Waals surface area contributed by atoms with E-state index in [2.05, 4.69) is 24.3 Å². The Labute approximate surface area is 126 Å². The molecule has 1 aromatic carbocycles. The summed E-state index contributed by atoms with van der Waals surface area (Å²) in [6, 6.07) is 5.32. The predicted molar refractivity (Wildman–Crippen MR) is 84.6 cm³/mol. The summed E-state index contributed by atoms with van der Waals surface area (Å²) in [6.07, 6.45) is 3.88. The lowest BCUT2D eigenvalue weighted by atomic mass is 10.0. The molecule has 0 aliphatic rings. The summed E-state index contributed by atoms with van der Waals surface area (Å²) in [5.74, 6) is -0.187. The average Bonchev–Trinajstić information content (AvgIpc) is 2.83. The zero-order valence-electron chi connectivity index (χ0n) is 13.1. The second-order valence-corrected chi connectivity index (χ2v) is 5.36. The molecule has 0 aliphatic carbocycles. The van der Waals surface area contributed by atoms with Gasteiger partial charge in [-0.25, -0.2) is 4.39 Å². The average molecular weight is 289 g/mol. The zero-order valence-corrected chi connectivity index (χ0v) is 13.1. The van der Waals surface area contributed by atoms with Crippen LogP contribution in [0, 0.1) is 12.7 Å². The van der Waals surface area contributed by atoms with Crippen molar-refractivity contribution in [2.24, 2.45) is 0 Å². The van der Waals surface area contributed by atoms with Gasteiger partial charge < -0.3 is 5.32 Å². The van der Waals surface area contributed by atoms with Crippen molar-refractivity contribution in [2.45, 2.75) is 46.7 Å². The Morgan fingerprint density at radius 3 is 2.71 bits per heavy atom. The highest BCUT2D eigenvalue weighted by molar-refractivity contribution is 5.66. The highest BCUT2D eigenvalue weighted by Crippen LogP contribution is 2.27. The van der Waals surface area contributed by atoms with Gasteiger partial charge >= 0.3 is 0 Å². The molecular formula is C17H24FN3. The molecule has 0 saturated heterocycles. The van der Waals surface area contributed by atoms with Crippen LogP contribution in [0.3, 0.4) is 0 Å². The first-order chi connectivity index (χ1) is 10.2. The van der Waals surface area contributed by atoms with Gasteiger partial charge in [-0.15, -0.1) is 0 Å². The van der Waals surface area contributed by atoms with Crippen LogP contribution in [0.4, 0.5) is 4.39 Å². The second kappa shape index (κ2) is 7.36. The minimum atomic E-state index is -0.187. The van der Waals surface area contributed by atoms with E-state index in [0.29, 0.717) is 5.56 Å². The molecule has 0 saturated carbocycles. The fourth-order valence-electron chi connectivity index (χ4n) is 2.45. The smallest absolute Gasteiger partial charge is 0.131 e. The molecule has 0 aliphatic heterocycles. The molecular weight excluding hydrogens is 265 g/mol. The SMILES string of the molecule is CCCNCc1ccc(F)c(-c2cnn(CCC)c2C)c1. The zero-order chi connectivity index (χ0) is 15.2. The van der Waals surface area contributed by atoms with E-state index in [1.165, 1.54) is 0 Å². The van der Waals surface area contributed by atoms with E-state index in [0.717, 1.165) is 49.3 Å². The van der Waals surface area contributed by atoms with E-state index in [4.69, 9.17) is 0 Å². The minimum Gasteiger partial charge on any atom is -0.313 e. The van der Waals surface area contributed by atoms with Gasteiger partial charge in [0.05, 0.1) is 6.20 Å². The summed E-state index contributed by atoms with van der Waals surface area (Å²) < 4.78 is 16.1. The number of nitrogens with zero attached hydrogens (tertiary/aromatic N) is 2. The standard InChI is InChI=1S/C17H24FN3/c1-4-8-19-11-14-6-7-17(18)15(10-14)16-12-20-21(9-5-2)13(16)3/h6-7,10,12,19H,4-5,8-9,11H2,1-3H3. The number of aryl methyl sites for hydroxylation is 1. The van der Waals surface area contributed by atoms with Crippen LogP contribution in [0.5, 0.6) is 0 Å². The number of hydrogen-bond acceptors (Lipinski definition) is 2. The predicted octanol–water partition coefficient (Wildman–Crippen LogP) is 3.91. The van der Waals surface area contributed by atoms with Gasteiger partial charge in [-0.1, -0.05) is 19.9 Å². The van der Waals surface area contributed by atoms with Crippen molar-refractivity contribution in [1.29, 1.82) is 0 Å². The van der Waals surface area contributed by atoms with Crippen molar-refractivity contribution in [3.8, 4) is 11.1 Å². The molecule has 3 nitrogen and oxygen atoms in total. The van der Waals surface area contributed by atoms with Gasteiger partial charge in [0.1, 0.15) is 5.82 Å². The monoisotopic (exact) mass is 289 g/mol. The first-order valence-corrected chi connectivity index (χ1v) is 7.69. The van der Waals surface area contributed by atoms with Crippen molar-refractivity contribution in [3.05, 3.63) is 41.5 Å². The van der Waals surface area contributed by atoms with Crippen LogP contribution < -0.4 is 5.32 Å². The van der Waals surface area contributed by atoms with Gasteiger partial charge in [0.15, 0.2) is 0 Å². The molecule has 0 atom stereocenters. The summed E-state index contributed by atoms with van der Waals surface area (Å²) in [6.45, 7) is 8.85. The fraction of sp³-hybridized carbons (Fsp3) is 0.471. The van der Waals surface area contributed by atoms with Crippen molar-refractivity contribution in [1.82, 2.24) is 15.1 Å². The number of rotatable bonds is 7. The van der Waals surface area contributed by atoms with Gasteiger partial charge in [0.25, 0.3) is 0 Å². The van der Waals surface area contributed by atoms with Gasteiger partial charge in [0, 0.05) is 29.9 Å². The lowest BCUT2D eigenvalue weighted by Crippen LogP contribution is -2.13. The van der Waals surface area contributed by atoms with Crippen LogP contribution >= 0.6 is 0 Å². The van der Waals surface area contributed by atoms with E-state index >= 15 is 0 Å². The number of hydrogen-bond donors (Lipinski definition) is 1. The van der Waals surface area contributed by atoms with Gasteiger partial charge in [-0.2, -0.15) is 5.10 Å². The summed E-state index contributed by atoms with van der Waals surface area (Å²) in [4.78, 5) is 0. The Hall–Kier alpha value is -1.68. The Bertz CT molecular complexity index is 590. The summed E-state index contributed by atoms with van der Waals surface area (Å²) in [5, 5.41) is 7.71. The lowest BCUT2D eigenvalue weighted by molar-refractivity contribution is 0.587. The minimum absolute atomic E-state index is 0.187. The Balaban J connectivity index is 2.28. The second-order valence-electron chi connectivity index (χ2n) is 5.36. The number of aromatic nitrogens is 2. The topological polar surface area (TPSA) is 29.9 Å². The summed E-state index contributed by atoms with van der Waals surface area (Å²) >= 11 is 0. The van der Waals surface area contributed by atoms with E-state index < -0.39 is 0 Å². The molecule has 1 aromatic heterocycles. The summed E-state index contributed by atoms with van der Waals surface area (Å²) in [7, 11) is 0. The maximum absolute atomic E-state index is 14.2. The molecule has 0 unspecified atom stereocenters. The number of nitrogens with one attached hydrogen (secondary N) is 1. The van der Waals surface area contributed by atoms with E-state index in [-0.39, 0.29) is 5.82 Å². The molecule has 21 heavy (non-hydrogen) atoms. The third-order valence-electron chi connectivity index (χ3n) is 3.62. The van der Waals surface area contributed by atoms with E-state index in [1.54, 1.807) is 12.3 Å². The maximum atomic E-state index is 14.2. The lowest BCUT2D eigenvalue weighted by Gasteiger charge is -2.08. The highest BCUT2D eigenvalue weighted by Gasteiger charge is 2.13. The molecule has 1 heterocycles. The van der Waals surface area contributed by atoms with Gasteiger partial charge in [-0.3, -0.25) is 4.68 Å². The van der Waals surface area contributed by atoms with Gasteiger partial charge in [-0.05, 0) is 44.0 Å². The molecule has 1 N–H and O–H groups in total. The van der Waals surface area contributed by atoms with Crippen molar-refractivity contribution in [3.63, 3.8) is 0 Å². The largest absolute Gasteiger partial charge is 0.313 e. The first-order valence-electron chi connectivity index (χ1n) is 7.69. The highest BCUT2D eigenvalue weighted by atomic mass is 19.1. The molecule has 0 radical (unpaired) electrons. The normalized spacial score (nSPS) is 11.0. The van der Waals surface area contributed by atoms with Crippen molar-refractivity contribution in [2.75, 3.05) is 6.54 Å². The van der Waals surface area contributed by atoms with Gasteiger partial charge in [0.2, 0.25) is 0 Å². The van der Waals surface area contributed by atoms with Crippen molar-refractivity contribution < 1.29 is 4.39 Å². The van der Waals surface area contributed by atoms with Crippen LogP contribution in [0.25, 0.3) is 11.1 Å². The number of halogens is 1. The van der Waals surface area contributed by atoms with Crippen LogP contribution in [0.15, 0.2) is 24.4 Å². The Morgan fingerprint density at radius 2 is 2.00 bits per heavy atom. The molecule has 0 amide bonds. The molecule has 0 bridgehead atoms. The third-order valence-corrected chi connectivity index (χ3v) is 3.62. The van der Waals surface area contributed by atoms with Crippen LogP contribution in [0.1, 0.15) is 37.9 Å². The summed E-state index contributed by atoms with van der Waals surface area (Å²) in [5.41, 5.74) is 3.65. The molecule has 0 fully saturated rings. The fourth-order valence-corrected chi connectivity index (χ4v) is 2.45. The van der Waals surface area contributed by atoms with Crippen LogP contribution in [0.2, 0.25) is 0 Å². The van der Waals surface area contributed by atoms with Crippen LogP contribution in [-0.4, -0.2) is 16.3 Å². The molecule has 2 aromatic rings. The molecule has 4 heteroatoms. The van der Waals surface area contributed by atoms with E-state index in [1.807, 2.05) is 23.7 Å². The van der Waals surface area contributed by atoms with Crippen LogP contribution in [-0.2, 0) is 13.1 Å². The van der Waals surface area contributed by atoms with E-state index in [9.17, 15) is 4.39 Å². The maximum Gasteiger partial charge on any atom is 0.131 e. The first kappa shape index (κ1) is 15.7. The number of benzene rings is 1.